The van der Waals surface area contributed by atoms with E-state index in [9.17, 15) is 13.2 Å². The molecule has 1 heterocycles. The molecule has 5 nitrogen and oxygen atoms in total. The maximum absolute atomic E-state index is 12.4. The highest BCUT2D eigenvalue weighted by molar-refractivity contribution is 7.91. The standard InChI is InChI=1S/C13H18N2O3S/c1-9-7-11(3-4-12(9)14)13(16)15-5-6-19(17,18)8-10(15)2/h3-4,7,10H,5-6,8,14H2,1-2H3. The second-order valence-electron chi connectivity index (χ2n) is 5.03. The first kappa shape index (κ1) is 13.9. The maximum atomic E-state index is 12.4. The van der Waals surface area contributed by atoms with E-state index >= 15 is 0 Å². The van der Waals surface area contributed by atoms with E-state index in [0.717, 1.165) is 5.56 Å². The van der Waals surface area contributed by atoms with Gasteiger partial charge in [-0.15, -0.1) is 0 Å². The van der Waals surface area contributed by atoms with Crippen molar-refractivity contribution in [1.82, 2.24) is 4.90 Å². The lowest BCUT2D eigenvalue weighted by atomic mass is 10.1. The van der Waals surface area contributed by atoms with Crippen LogP contribution in [0.1, 0.15) is 22.8 Å². The number of nitrogens with zero attached hydrogens (tertiary/aromatic N) is 1. The molecular weight excluding hydrogens is 264 g/mol. The Balaban J connectivity index is 2.22. The van der Waals surface area contributed by atoms with Crippen LogP contribution in [0.25, 0.3) is 0 Å². The normalized spacial score (nSPS) is 22.2. The summed E-state index contributed by atoms with van der Waals surface area (Å²) in [6.45, 7) is 3.86. The Kier molecular flexibility index (Phi) is 3.54. The first-order valence-electron chi connectivity index (χ1n) is 6.18. The summed E-state index contributed by atoms with van der Waals surface area (Å²) < 4.78 is 23.0. The molecule has 0 aromatic heterocycles. The lowest BCUT2D eigenvalue weighted by Crippen LogP contribution is -2.49. The predicted molar refractivity (Wildman–Crippen MR) is 74.7 cm³/mol. The van der Waals surface area contributed by atoms with Crippen LogP contribution in [-0.2, 0) is 9.84 Å². The number of carbonyl (C=O) groups is 1. The second kappa shape index (κ2) is 4.85. The van der Waals surface area contributed by atoms with E-state index in [1.54, 1.807) is 30.0 Å². The number of aryl methyl sites for hydroxylation is 1. The van der Waals surface area contributed by atoms with Gasteiger partial charge in [0.05, 0.1) is 11.5 Å². The molecule has 0 saturated carbocycles. The largest absolute Gasteiger partial charge is 0.399 e. The topological polar surface area (TPSA) is 80.5 Å². The number of rotatable bonds is 1. The molecule has 0 aliphatic carbocycles. The van der Waals surface area contributed by atoms with E-state index in [-0.39, 0.29) is 30.0 Å². The Labute approximate surface area is 113 Å². The first-order chi connectivity index (χ1) is 8.80. The summed E-state index contributed by atoms with van der Waals surface area (Å²) in [6.07, 6.45) is 0. The van der Waals surface area contributed by atoms with Crippen LogP contribution in [0.2, 0.25) is 0 Å². The SMILES string of the molecule is Cc1cc(C(=O)N2CCS(=O)(=O)CC2C)ccc1N. The molecule has 1 saturated heterocycles. The van der Waals surface area contributed by atoms with Crippen LogP contribution in [0.4, 0.5) is 5.69 Å². The van der Waals surface area contributed by atoms with Crippen LogP contribution in [0.5, 0.6) is 0 Å². The van der Waals surface area contributed by atoms with Crippen molar-refractivity contribution in [3.8, 4) is 0 Å². The Hall–Kier alpha value is -1.56. The third-order valence-corrected chi connectivity index (χ3v) is 5.24. The minimum Gasteiger partial charge on any atom is -0.399 e. The molecule has 2 N–H and O–H groups in total. The average molecular weight is 282 g/mol. The molecule has 1 amide bonds. The Bertz CT molecular complexity index is 610. The van der Waals surface area contributed by atoms with Crippen molar-refractivity contribution >= 4 is 21.4 Å². The van der Waals surface area contributed by atoms with Crippen molar-refractivity contribution in [3.05, 3.63) is 29.3 Å². The van der Waals surface area contributed by atoms with E-state index in [2.05, 4.69) is 0 Å². The van der Waals surface area contributed by atoms with Crippen LogP contribution in [0, 0.1) is 6.92 Å². The van der Waals surface area contributed by atoms with Gasteiger partial charge < -0.3 is 10.6 Å². The van der Waals surface area contributed by atoms with Gasteiger partial charge in [-0.1, -0.05) is 0 Å². The third kappa shape index (κ3) is 2.89. The number of hydrogen-bond donors (Lipinski definition) is 1. The van der Waals surface area contributed by atoms with E-state index in [1.165, 1.54) is 0 Å². The van der Waals surface area contributed by atoms with E-state index < -0.39 is 9.84 Å². The van der Waals surface area contributed by atoms with E-state index in [0.29, 0.717) is 11.3 Å². The Morgan fingerprint density at radius 2 is 2.11 bits per heavy atom. The molecule has 1 atom stereocenters. The second-order valence-corrected chi connectivity index (χ2v) is 7.26. The minimum atomic E-state index is -3.01. The number of carbonyl (C=O) groups excluding carboxylic acids is 1. The molecule has 0 bridgehead atoms. The lowest BCUT2D eigenvalue weighted by Gasteiger charge is -2.33. The molecule has 19 heavy (non-hydrogen) atoms. The van der Waals surface area contributed by atoms with Crippen molar-refractivity contribution in [2.75, 3.05) is 23.8 Å². The zero-order valence-corrected chi connectivity index (χ0v) is 11.9. The summed E-state index contributed by atoms with van der Waals surface area (Å²) in [5.74, 6) is -0.0607. The highest BCUT2D eigenvalue weighted by Gasteiger charge is 2.31. The Morgan fingerprint density at radius 3 is 2.68 bits per heavy atom. The molecule has 2 rings (SSSR count). The van der Waals surface area contributed by atoms with Gasteiger partial charge in [0, 0.05) is 23.8 Å². The summed E-state index contributed by atoms with van der Waals surface area (Å²) in [7, 11) is -3.01. The molecule has 1 aliphatic heterocycles. The van der Waals surface area contributed by atoms with E-state index in [4.69, 9.17) is 5.73 Å². The van der Waals surface area contributed by atoms with Gasteiger partial charge in [0.1, 0.15) is 0 Å². The van der Waals surface area contributed by atoms with Crippen LogP contribution >= 0.6 is 0 Å². The molecule has 1 unspecified atom stereocenters. The smallest absolute Gasteiger partial charge is 0.254 e. The molecule has 104 valence electrons. The molecular formula is C13H18N2O3S. The number of benzene rings is 1. The molecule has 6 heteroatoms. The van der Waals surface area contributed by atoms with Crippen LogP contribution < -0.4 is 5.73 Å². The summed E-state index contributed by atoms with van der Waals surface area (Å²) in [4.78, 5) is 14.0. The van der Waals surface area contributed by atoms with Gasteiger partial charge >= 0.3 is 0 Å². The molecule has 1 aromatic rings. The summed E-state index contributed by atoms with van der Waals surface area (Å²) in [5, 5.41) is 0. The monoisotopic (exact) mass is 282 g/mol. The zero-order valence-electron chi connectivity index (χ0n) is 11.1. The third-order valence-electron chi connectivity index (χ3n) is 3.45. The van der Waals surface area contributed by atoms with Crippen molar-refractivity contribution < 1.29 is 13.2 Å². The van der Waals surface area contributed by atoms with Crippen molar-refractivity contribution in [2.45, 2.75) is 19.9 Å². The fourth-order valence-electron chi connectivity index (χ4n) is 2.27. The molecule has 1 aromatic carbocycles. The zero-order chi connectivity index (χ0) is 14.2. The van der Waals surface area contributed by atoms with Gasteiger partial charge in [-0.3, -0.25) is 4.79 Å². The minimum absolute atomic E-state index is 0.0344. The highest BCUT2D eigenvalue weighted by Crippen LogP contribution is 2.18. The molecule has 1 fully saturated rings. The number of sulfone groups is 1. The van der Waals surface area contributed by atoms with Crippen LogP contribution in [0.15, 0.2) is 18.2 Å². The summed E-state index contributed by atoms with van der Waals surface area (Å²) >= 11 is 0. The van der Waals surface area contributed by atoms with E-state index in [1.807, 2.05) is 6.92 Å². The number of amides is 1. The highest BCUT2D eigenvalue weighted by atomic mass is 32.2. The molecule has 1 aliphatic rings. The number of hydrogen-bond acceptors (Lipinski definition) is 4. The number of nitrogens with two attached hydrogens (primary N) is 1. The van der Waals surface area contributed by atoms with Crippen molar-refractivity contribution in [2.24, 2.45) is 0 Å². The van der Waals surface area contributed by atoms with Crippen molar-refractivity contribution in [3.63, 3.8) is 0 Å². The predicted octanol–water partition coefficient (Wildman–Crippen LogP) is 0.836. The first-order valence-corrected chi connectivity index (χ1v) is 8.00. The molecule has 0 spiro atoms. The average Bonchev–Trinajstić information content (AvgIpc) is 2.31. The van der Waals surface area contributed by atoms with Crippen molar-refractivity contribution in [1.29, 1.82) is 0 Å². The quantitative estimate of drug-likeness (QED) is 0.774. The van der Waals surface area contributed by atoms with Gasteiger partial charge in [-0.05, 0) is 37.6 Å². The summed E-state index contributed by atoms with van der Waals surface area (Å²) in [6, 6.07) is 4.84. The van der Waals surface area contributed by atoms with Gasteiger partial charge in [0.2, 0.25) is 0 Å². The van der Waals surface area contributed by atoms with Gasteiger partial charge in [0.25, 0.3) is 5.91 Å². The van der Waals surface area contributed by atoms with Gasteiger partial charge in [0.15, 0.2) is 9.84 Å². The van der Waals surface area contributed by atoms with Crippen LogP contribution in [-0.4, -0.2) is 43.3 Å². The fourth-order valence-corrected chi connectivity index (χ4v) is 3.83. The Morgan fingerprint density at radius 1 is 1.42 bits per heavy atom. The molecule has 0 radical (unpaired) electrons. The van der Waals surface area contributed by atoms with Gasteiger partial charge in [-0.25, -0.2) is 8.42 Å². The lowest BCUT2D eigenvalue weighted by molar-refractivity contribution is 0.0712. The number of nitrogen functional groups attached to an aromatic ring is 1. The van der Waals surface area contributed by atoms with Gasteiger partial charge in [-0.2, -0.15) is 0 Å². The number of anilines is 1. The van der Waals surface area contributed by atoms with Crippen LogP contribution in [0.3, 0.4) is 0 Å². The maximum Gasteiger partial charge on any atom is 0.254 e. The fraction of sp³-hybridized carbons (Fsp3) is 0.462. The summed E-state index contributed by atoms with van der Waals surface area (Å²) in [5.41, 5.74) is 7.77.